The fourth-order valence-electron chi connectivity index (χ4n) is 1.17. The summed E-state index contributed by atoms with van der Waals surface area (Å²) in [5, 5.41) is 38.4. The molecule has 0 aliphatic rings. The molecule has 0 bridgehead atoms. The molecule has 11 heteroatoms. The van der Waals surface area contributed by atoms with Crippen LogP contribution in [-0.4, -0.2) is 74.6 Å². The number of carbonyl (C=O) groups is 2. The molecular formula is C8H16NO8PS. The van der Waals surface area contributed by atoms with E-state index in [9.17, 15) is 24.4 Å². The van der Waals surface area contributed by atoms with Crippen LogP contribution in [0, 0.1) is 0 Å². The monoisotopic (exact) mass is 317 g/mol. The van der Waals surface area contributed by atoms with Crippen molar-refractivity contribution in [3.63, 3.8) is 0 Å². The van der Waals surface area contributed by atoms with E-state index in [4.69, 9.17) is 15.1 Å². The molecule has 0 saturated carbocycles. The summed E-state index contributed by atoms with van der Waals surface area (Å²) in [7, 11) is 0. The molecule has 0 aromatic carbocycles. The molecule has 9 nitrogen and oxygen atoms in total. The van der Waals surface area contributed by atoms with Gasteiger partial charge in [-0.3, -0.25) is 9.36 Å². The molecule has 5 atom stereocenters. The number of hydrogen-bond acceptors (Lipinski definition) is 7. The van der Waals surface area contributed by atoms with E-state index >= 15 is 0 Å². The SMILES string of the molecule is O=C[C@H](NC(=O)CP(=O)(O)S)[C@@H](O)[C@H](O)[C@H](O)CO. The van der Waals surface area contributed by atoms with Crippen LogP contribution >= 0.6 is 18.8 Å². The van der Waals surface area contributed by atoms with E-state index < -0.39 is 49.6 Å². The lowest BCUT2D eigenvalue weighted by atomic mass is 10.0. The molecule has 1 amide bonds. The first-order chi connectivity index (χ1) is 8.62. The van der Waals surface area contributed by atoms with Gasteiger partial charge in [0.25, 0.3) is 6.57 Å². The number of nitrogens with one attached hydrogen (secondary N) is 1. The molecule has 19 heavy (non-hydrogen) atoms. The molecule has 0 saturated heterocycles. The second-order valence-corrected chi connectivity index (χ2v) is 7.30. The smallest absolute Gasteiger partial charge is 0.261 e. The average Bonchev–Trinajstić information content (AvgIpc) is 2.30. The van der Waals surface area contributed by atoms with Gasteiger partial charge in [0.15, 0.2) is 0 Å². The lowest BCUT2D eigenvalue weighted by Gasteiger charge is -2.26. The minimum Gasteiger partial charge on any atom is -0.394 e. The lowest BCUT2D eigenvalue weighted by Crippen LogP contribution is -2.53. The summed E-state index contributed by atoms with van der Waals surface area (Å²) in [5.41, 5.74) is 0. The van der Waals surface area contributed by atoms with Gasteiger partial charge in [-0.05, 0) is 0 Å². The molecule has 0 aliphatic heterocycles. The normalized spacial score (nSPS) is 20.7. The quantitative estimate of drug-likeness (QED) is 0.140. The number of hydrogen-bond donors (Lipinski definition) is 7. The van der Waals surface area contributed by atoms with E-state index in [1.807, 2.05) is 5.32 Å². The fourth-order valence-corrected chi connectivity index (χ4v) is 2.02. The number of thiol groups is 1. The van der Waals surface area contributed by atoms with Gasteiger partial charge in [0.1, 0.15) is 36.8 Å². The Morgan fingerprint density at radius 2 is 1.84 bits per heavy atom. The van der Waals surface area contributed by atoms with Gasteiger partial charge in [-0.1, -0.05) is 12.2 Å². The topological polar surface area (TPSA) is 164 Å². The third-order valence-electron chi connectivity index (χ3n) is 2.12. The van der Waals surface area contributed by atoms with Crippen LogP contribution in [0.15, 0.2) is 0 Å². The van der Waals surface area contributed by atoms with Crippen molar-refractivity contribution in [3.8, 4) is 0 Å². The molecule has 0 fully saturated rings. The van der Waals surface area contributed by atoms with Crippen molar-refractivity contribution in [1.82, 2.24) is 5.32 Å². The van der Waals surface area contributed by atoms with E-state index in [1.54, 1.807) is 0 Å². The zero-order valence-electron chi connectivity index (χ0n) is 9.66. The maximum absolute atomic E-state index is 11.2. The summed E-state index contributed by atoms with van der Waals surface area (Å²) in [6.45, 7) is -4.80. The Hall–Kier alpha value is -0.480. The maximum atomic E-state index is 11.2. The van der Waals surface area contributed by atoms with E-state index in [1.165, 1.54) is 0 Å². The van der Waals surface area contributed by atoms with Crippen LogP contribution in [0.25, 0.3) is 0 Å². The highest BCUT2D eigenvalue weighted by atomic mass is 32.7. The lowest BCUT2D eigenvalue weighted by molar-refractivity contribution is -0.129. The Bertz CT molecular complexity index is 361. The Labute approximate surface area is 113 Å². The van der Waals surface area contributed by atoms with Gasteiger partial charge in [0.05, 0.1) is 6.61 Å². The number of amides is 1. The van der Waals surface area contributed by atoms with Gasteiger partial charge in [-0.25, -0.2) is 0 Å². The van der Waals surface area contributed by atoms with Crippen LogP contribution in [0.5, 0.6) is 0 Å². The predicted molar refractivity (Wildman–Crippen MR) is 66.8 cm³/mol. The summed E-state index contributed by atoms with van der Waals surface area (Å²) in [5.74, 6) is -1.04. The van der Waals surface area contributed by atoms with Crippen molar-refractivity contribution in [3.05, 3.63) is 0 Å². The summed E-state index contributed by atoms with van der Waals surface area (Å²) < 4.78 is 10.8. The van der Waals surface area contributed by atoms with E-state index in [-0.39, 0.29) is 6.29 Å². The predicted octanol–water partition coefficient (Wildman–Crippen LogP) is -3.14. The first-order valence-electron chi connectivity index (χ1n) is 5.06. The Kier molecular flexibility index (Phi) is 7.75. The number of aliphatic hydroxyl groups is 4. The van der Waals surface area contributed by atoms with Gasteiger partial charge in [-0.2, -0.15) is 0 Å². The van der Waals surface area contributed by atoms with Gasteiger partial charge in [-0.15, -0.1) is 0 Å². The van der Waals surface area contributed by atoms with Crippen molar-refractivity contribution in [2.24, 2.45) is 0 Å². The van der Waals surface area contributed by atoms with E-state index in [0.29, 0.717) is 0 Å². The van der Waals surface area contributed by atoms with Crippen LogP contribution in [-0.2, 0) is 14.2 Å². The second kappa shape index (κ2) is 7.95. The van der Waals surface area contributed by atoms with Crippen LogP contribution in [0.3, 0.4) is 0 Å². The summed E-state index contributed by atoms with van der Waals surface area (Å²) in [4.78, 5) is 30.8. The highest BCUT2D eigenvalue weighted by Crippen LogP contribution is 2.44. The molecule has 6 N–H and O–H groups in total. The van der Waals surface area contributed by atoms with Crippen molar-refractivity contribution >= 4 is 31.0 Å². The molecule has 0 aromatic heterocycles. The standard InChI is InChI=1S/C8H16NO8PS/c10-1-4(7(14)8(15)5(12)2-11)9-6(13)3-18(16,17)19/h1,4-5,7-8,11-12,14-15H,2-3H2,(H,9,13)(H2,16,17,19)/t4-,5+,7+,8+/m0/s1. The van der Waals surface area contributed by atoms with Crippen LogP contribution in [0.4, 0.5) is 0 Å². The van der Waals surface area contributed by atoms with Crippen LogP contribution in [0.1, 0.15) is 0 Å². The molecule has 0 heterocycles. The molecule has 112 valence electrons. The molecular weight excluding hydrogens is 301 g/mol. The highest BCUT2D eigenvalue weighted by Gasteiger charge is 2.32. The van der Waals surface area contributed by atoms with Crippen molar-refractivity contribution < 1.29 is 39.5 Å². The zero-order chi connectivity index (χ0) is 15.2. The van der Waals surface area contributed by atoms with Gasteiger partial charge < -0.3 is 35.4 Å². The third kappa shape index (κ3) is 7.02. The van der Waals surface area contributed by atoms with Crippen LogP contribution in [0.2, 0.25) is 0 Å². The van der Waals surface area contributed by atoms with Crippen molar-refractivity contribution in [2.45, 2.75) is 24.4 Å². The van der Waals surface area contributed by atoms with Crippen molar-refractivity contribution in [2.75, 3.05) is 12.8 Å². The second-order valence-electron chi connectivity index (χ2n) is 3.78. The summed E-state index contributed by atoms with van der Waals surface area (Å²) >= 11 is 3.26. The number of aldehydes is 1. The summed E-state index contributed by atoms with van der Waals surface area (Å²) in [6.07, 6.45) is -6.27. The minimum atomic E-state index is -3.93. The number of aliphatic hydroxyl groups excluding tert-OH is 4. The Balaban J connectivity index is 4.62. The maximum Gasteiger partial charge on any atom is 0.261 e. The molecule has 0 spiro atoms. The van der Waals surface area contributed by atoms with Gasteiger partial charge in [0, 0.05) is 0 Å². The van der Waals surface area contributed by atoms with E-state index in [2.05, 4.69) is 12.2 Å². The zero-order valence-corrected chi connectivity index (χ0v) is 11.4. The molecule has 1 unspecified atom stereocenters. The third-order valence-corrected chi connectivity index (χ3v) is 3.25. The molecule has 0 aliphatic carbocycles. The van der Waals surface area contributed by atoms with Gasteiger partial charge in [0.2, 0.25) is 5.91 Å². The minimum absolute atomic E-state index is 0.0801. The van der Waals surface area contributed by atoms with Crippen molar-refractivity contribution in [1.29, 1.82) is 0 Å². The molecule has 0 aromatic rings. The average molecular weight is 317 g/mol. The molecule has 0 rings (SSSR count). The Morgan fingerprint density at radius 1 is 1.32 bits per heavy atom. The van der Waals surface area contributed by atoms with E-state index in [0.717, 1.165) is 0 Å². The largest absolute Gasteiger partial charge is 0.394 e. The molecule has 0 radical (unpaired) electrons. The first-order valence-corrected chi connectivity index (χ1v) is 8.06. The number of carbonyl (C=O) groups excluding carboxylic acids is 2. The first kappa shape index (κ1) is 18.5. The highest BCUT2D eigenvalue weighted by molar-refractivity contribution is 8.46. The van der Waals surface area contributed by atoms with Crippen LogP contribution < -0.4 is 5.32 Å². The fraction of sp³-hybridized carbons (Fsp3) is 0.750. The summed E-state index contributed by atoms with van der Waals surface area (Å²) in [6, 6.07) is -1.61. The Morgan fingerprint density at radius 3 is 2.21 bits per heavy atom. The number of rotatable bonds is 8. The van der Waals surface area contributed by atoms with Gasteiger partial charge >= 0.3 is 0 Å².